The molecule has 0 saturated heterocycles. The third kappa shape index (κ3) is 2.66. The number of benzene rings is 2. The maximum absolute atomic E-state index is 12.7. The molecule has 0 spiro atoms. The summed E-state index contributed by atoms with van der Waals surface area (Å²) >= 11 is 12.0. The van der Waals surface area contributed by atoms with Crippen molar-refractivity contribution in [3.05, 3.63) is 69.2 Å². The van der Waals surface area contributed by atoms with Crippen LogP contribution in [-0.4, -0.2) is 17.9 Å². The maximum atomic E-state index is 12.7. The van der Waals surface area contributed by atoms with E-state index in [1.54, 1.807) is 23.1 Å². The lowest BCUT2D eigenvalue weighted by Crippen LogP contribution is -2.30. The van der Waals surface area contributed by atoms with Gasteiger partial charge in [-0.25, -0.2) is 0 Å². The molecule has 3 rings (SSSR count). The molecule has 0 heterocycles. The predicted molar refractivity (Wildman–Crippen MR) is 86.1 cm³/mol. The van der Waals surface area contributed by atoms with Crippen LogP contribution in [0.1, 0.15) is 33.9 Å². The number of hydrogen-bond acceptors (Lipinski definition) is 1. The van der Waals surface area contributed by atoms with Crippen LogP contribution in [-0.2, 0) is 6.42 Å². The molecule has 0 radical (unpaired) electrons. The number of fused-ring (bicyclic) bond motifs is 1. The van der Waals surface area contributed by atoms with Gasteiger partial charge < -0.3 is 4.90 Å². The lowest BCUT2D eigenvalue weighted by Gasteiger charge is -2.26. The van der Waals surface area contributed by atoms with E-state index in [0.29, 0.717) is 15.6 Å². The highest BCUT2D eigenvalue weighted by Crippen LogP contribution is 2.36. The molecular weight excluding hydrogens is 305 g/mol. The van der Waals surface area contributed by atoms with Crippen LogP contribution in [0.25, 0.3) is 0 Å². The van der Waals surface area contributed by atoms with Gasteiger partial charge in [0, 0.05) is 12.1 Å². The van der Waals surface area contributed by atoms with E-state index in [0.717, 1.165) is 12.8 Å². The van der Waals surface area contributed by atoms with Gasteiger partial charge in [0.25, 0.3) is 5.91 Å². The fourth-order valence-corrected chi connectivity index (χ4v) is 3.42. The fourth-order valence-electron chi connectivity index (χ4n) is 2.93. The monoisotopic (exact) mass is 319 g/mol. The van der Waals surface area contributed by atoms with Gasteiger partial charge in [-0.15, -0.1) is 0 Å². The summed E-state index contributed by atoms with van der Waals surface area (Å²) in [5.41, 5.74) is 3.05. The van der Waals surface area contributed by atoms with E-state index in [2.05, 4.69) is 12.1 Å². The van der Waals surface area contributed by atoms with E-state index in [4.69, 9.17) is 23.2 Å². The Morgan fingerprint density at radius 2 is 1.95 bits per heavy atom. The highest BCUT2D eigenvalue weighted by molar-refractivity contribution is 6.36. The first-order chi connectivity index (χ1) is 10.1. The maximum Gasteiger partial charge on any atom is 0.255 e. The van der Waals surface area contributed by atoms with Crippen LogP contribution in [0, 0.1) is 0 Å². The Hall–Kier alpha value is -1.51. The molecule has 1 aliphatic rings. The number of nitrogens with zero attached hydrogens (tertiary/aromatic N) is 1. The Bertz CT molecular complexity index is 699. The molecular formula is C17H15Cl2NO. The second-order valence-electron chi connectivity index (χ2n) is 5.29. The molecule has 2 nitrogen and oxygen atoms in total. The smallest absolute Gasteiger partial charge is 0.255 e. The van der Waals surface area contributed by atoms with E-state index in [9.17, 15) is 4.79 Å². The molecule has 2 aromatic carbocycles. The Labute approximate surface area is 134 Å². The van der Waals surface area contributed by atoms with Crippen LogP contribution in [0.4, 0.5) is 0 Å². The van der Waals surface area contributed by atoms with E-state index < -0.39 is 0 Å². The number of carbonyl (C=O) groups excluding carboxylic acids is 1. The average Bonchev–Trinajstić information content (AvgIpc) is 2.90. The Morgan fingerprint density at radius 1 is 1.19 bits per heavy atom. The topological polar surface area (TPSA) is 20.3 Å². The number of carbonyl (C=O) groups is 1. The van der Waals surface area contributed by atoms with Crippen molar-refractivity contribution in [2.45, 2.75) is 18.9 Å². The predicted octanol–water partition coefficient (Wildman–Crippen LogP) is 4.75. The summed E-state index contributed by atoms with van der Waals surface area (Å²) in [4.78, 5) is 14.5. The molecule has 2 aromatic rings. The number of rotatable bonds is 2. The molecule has 1 aliphatic carbocycles. The number of halogens is 2. The van der Waals surface area contributed by atoms with Gasteiger partial charge in [0.05, 0.1) is 16.6 Å². The summed E-state index contributed by atoms with van der Waals surface area (Å²) in [5.74, 6) is -0.0710. The SMILES string of the molecule is CN(C(=O)c1ccc(Cl)cc1Cl)[C@H]1CCc2ccccc21. The highest BCUT2D eigenvalue weighted by Gasteiger charge is 2.29. The minimum absolute atomic E-state index is 0.0710. The lowest BCUT2D eigenvalue weighted by molar-refractivity contribution is 0.0731. The van der Waals surface area contributed by atoms with Gasteiger partial charge in [-0.05, 0) is 42.2 Å². The molecule has 0 aromatic heterocycles. The number of hydrogen-bond donors (Lipinski definition) is 0. The normalized spacial score (nSPS) is 16.6. The van der Waals surface area contributed by atoms with Gasteiger partial charge >= 0.3 is 0 Å². The Morgan fingerprint density at radius 3 is 2.71 bits per heavy atom. The first kappa shape index (κ1) is 14.4. The molecule has 21 heavy (non-hydrogen) atoms. The Kier molecular flexibility index (Phi) is 3.92. The molecule has 108 valence electrons. The molecule has 0 aliphatic heterocycles. The molecule has 0 bridgehead atoms. The summed E-state index contributed by atoms with van der Waals surface area (Å²) in [5, 5.41) is 0.927. The van der Waals surface area contributed by atoms with E-state index in [-0.39, 0.29) is 11.9 Å². The largest absolute Gasteiger partial charge is 0.335 e. The Balaban J connectivity index is 1.89. The minimum atomic E-state index is -0.0710. The molecule has 0 saturated carbocycles. The van der Waals surface area contributed by atoms with E-state index in [1.807, 2.05) is 19.2 Å². The quantitative estimate of drug-likeness (QED) is 0.782. The second kappa shape index (κ2) is 5.70. The van der Waals surface area contributed by atoms with E-state index in [1.165, 1.54) is 11.1 Å². The van der Waals surface area contributed by atoms with Crippen LogP contribution in [0.5, 0.6) is 0 Å². The molecule has 0 N–H and O–H groups in total. The summed E-state index contributed by atoms with van der Waals surface area (Å²) < 4.78 is 0. The van der Waals surface area contributed by atoms with Gasteiger partial charge in [0.2, 0.25) is 0 Å². The van der Waals surface area contributed by atoms with Crippen LogP contribution in [0.2, 0.25) is 10.0 Å². The van der Waals surface area contributed by atoms with Crippen molar-refractivity contribution in [2.75, 3.05) is 7.05 Å². The zero-order valence-corrected chi connectivity index (χ0v) is 13.2. The molecule has 0 unspecified atom stereocenters. The van der Waals surface area contributed by atoms with Crippen molar-refractivity contribution in [3.8, 4) is 0 Å². The number of amides is 1. The van der Waals surface area contributed by atoms with Crippen LogP contribution >= 0.6 is 23.2 Å². The van der Waals surface area contributed by atoms with Crippen molar-refractivity contribution in [2.24, 2.45) is 0 Å². The van der Waals surface area contributed by atoms with Gasteiger partial charge in [0.1, 0.15) is 0 Å². The highest BCUT2D eigenvalue weighted by atomic mass is 35.5. The summed E-state index contributed by atoms with van der Waals surface area (Å²) in [6.45, 7) is 0. The zero-order chi connectivity index (χ0) is 15.0. The molecule has 1 atom stereocenters. The average molecular weight is 320 g/mol. The first-order valence-electron chi connectivity index (χ1n) is 6.88. The third-order valence-electron chi connectivity index (χ3n) is 4.05. The zero-order valence-electron chi connectivity index (χ0n) is 11.6. The summed E-state index contributed by atoms with van der Waals surface area (Å²) in [6, 6.07) is 13.4. The van der Waals surface area contributed by atoms with Crippen molar-refractivity contribution in [1.29, 1.82) is 0 Å². The van der Waals surface area contributed by atoms with Gasteiger partial charge in [-0.2, -0.15) is 0 Å². The van der Waals surface area contributed by atoms with Crippen LogP contribution < -0.4 is 0 Å². The van der Waals surface area contributed by atoms with Crippen molar-refractivity contribution < 1.29 is 4.79 Å². The van der Waals surface area contributed by atoms with Crippen molar-refractivity contribution in [1.82, 2.24) is 4.90 Å². The van der Waals surface area contributed by atoms with Crippen LogP contribution in [0.3, 0.4) is 0 Å². The van der Waals surface area contributed by atoms with Crippen molar-refractivity contribution >= 4 is 29.1 Å². The first-order valence-corrected chi connectivity index (χ1v) is 7.63. The molecule has 4 heteroatoms. The van der Waals surface area contributed by atoms with E-state index >= 15 is 0 Å². The van der Waals surface area contributed by atoms with Gasteiger partial charge in [0.15, 0.2) is 0 Å². The van der Waals surface area contributed by atoms with Crippen LogP contribution in [0.15, 0.2) is 42.5 Å². The fraction of sp³-hybridized carbons (Fsp3) is 0.235. The number of aryl methyl sites for hydroxylation is 1. The molecule has 1 amide bonds. The lowest BCUT2D eigenvalue weighted by atomic mass is 10.1. The van der Waals surface area contributed by atoms with Gasteiger partial charge in [-0.3, -0.25) is 4.79 Å². The summed E-state index contributed by atoms with van der Waals surface area (Å²) in [6.07, 6.45) is 1.96. The third-order valence-corrected chi connectivity index (χ3v) is 4.60. The molecule has 0 fully saturated rings. The van der Waals surface area contributed by atoms with Crippen molar-refractivity contribution in [3.63, 3.8) is 0 Å². The second-order valence-corrected chi connectivity index (χ2v) is 6.14. The summed E-state index contributed by atoms with van der Waals surface area (Å²) in [7, 11) is 1.83. The standard InChI is InChI=1S/C17H15Cl2NO/c1-20(16-9-6-11-4-2-3-5-13(11)16)17(21)14-8-7-12(18)10-15(14)19/h2-5,7-8,10,16H,6,9H2,1H3/t16-/m0/s1. The minimum Gasteiger partial charge on any atom is -0.335 e. The van der Waals surface area contributed by atoms with Gasteiger partial charge in [-0.1, -0.05) is 47.5 Å².